The molecular weight excluding hydrogens is 554 g/mol. The highest BCUT2D eigenvalue weighted by Crippen LogP contribution is 2.32. The van der Waals surface area contributed by atoms with E-state index in [9.17, 15) is 19.7 Å². The summed E-state index contributed by atoms with van der Waals surface area (Å²) in [6.45, 7) is 4.51. The number of thiazole rings is 1. The molecule has 0 bridgehead atoms. The Labute approximate surface area is 245 Å². The van der Waals surface area contributed by atoms with Crippen molar-refractivity contribution in [2.75, 3.05) is 6.61 Å². The molecule has 1 aliphatic heterocycles. The second-order valence-corrected chi connectivity index (χ2v) is 10.8. The molecule has 0 saturated heterocycles. The second-order valence-electron chi connectivity index (χ2n) is 9.76. The lowest BCUT2D eigenvalue weighted by atomic mass is 9.96. The first kappa shape index (κ1) is 28.7. The van der Waals surface area contributed by atoms with Crippen molar-refractivity contribution >= 4 is 29.1 Å². The molecule has 0 saturated carbocycles. The molecule has 0 fully saturated rings. The number of unbranched alkanes of at least 4 members (excludes halogenated alkanes) is 1. The SMILES string of the molecule is CCCCOc1ccc(C2C(C(=O)OCc3ccccc3)=C(C)N=c3sc(=Cc4ccc([N+](=O)[O-])cc4)c(=O)n32)cc1. The van der Waals surface area contributed by atoms with Crippen LogP contribution in [-0.4, -0.2) is 22.1 Å². The van der Waals surface area contributed by atoms with Crippen LogP contribution in [0.2, 0.25) is 0 Å². The van der Waals surface area contributed by atoms with E-state index in [0.29, 0.717) is 38.5 Å². The predicted molar refractivity (Wildman–Crippen MR) is 160 cm³/mol. The number of fused-ring (bicyclic) bond motifs is 1. The number of benzene rings is 3. The lowest BCUT2D eigenvalue weighted by molar-refractivity contribution is -0.384. The Morgan fingerprint density at radius 3 is 2.45 bits per heavy atom. The van der Waals surface area contributed by atoms with Gasteiger partial charge in [-0.05, 0) is 60.4 Å². The van der Waals surface area contributed by atoms with Crippen molar-refractivity contribution in [1.82, 2.24) is 4.57 Å². The maximum absolute atomic E-state index is 13.8. The molecule has 0 radical (unpaired) electrons. The van der Waals surface area contributed by atoms with Gasteiger partial charge >= 0.3 is 5.97 Å². The summed E-state index contributed by atoms with van der Waals surface area (Å²) in [6, 6.07) is 21.9. The first-order chi connectivity index (χ1) is 20.4. The maximum atomic E-state index is 13.8. The van der Waals surface area contributed by atoms with E-state index in [1.165, 1.54) is 28.0 Å². The summed E-state index contributed by atoms with van der Waals surface area (Å²) >= 11 is 1.19. The Morgan fingerprint density at radius 1 is 1.07 bits per heavy atom. The minimum atomic E-state index is -0.770. The maximum Gasteiger partial charge on any atom is 0.338 e. The Hall–Kier alpha value is -4.83. The van der Waals surface area contributed by atoms with Gasteiger partial charge in [0, 0.05) is 12.1 Å². The monoisotopic (exact) mass is 583 g/mol. The van der Waals surface area contributed by atoms with Crippen LogP contribution in [0.15, 0.2) is 99.9 Å². The number of aromatic nitrogens is 1. The smallest absolute Gasteiger partial charge is 0.338 e. The van der Waals surface area contributed by atoms with E-state index in [-0.39, 0.29) is 23.4 Å². The van der Waals surface area contributed by atoms with Gasteiger partial charge in [0.1, 0.15) is 12.4 Å². The number of hydrogen-bond acceptors (Lipinski definition) is 8. The van der Waals surface area contributed by atoms with Crippen LogP contribution < -0.4 is 19.6 Å². The van der Waals surface area contributed by atoms with E-state index >= 15 is 0 Å². The third kappa shape index (κ3) is 6.23. The Bertz CT molecular complexity index is 1810. The van der Waals surface area contributed by atoms with Crippen LogP contribution in [0, 0.1) is 10.1 Å². The van der Waals surface area contributed by atoms with Gasteiger partial charge in [0.15, 0.2) is 4.80 Å². The first-order valence-electron chi connectivity index (χ1n) is 13.6. The Morgan fingerprint density at radius 2 is 1.79 bits per heavy atom. The molecule has 5 rings (SSSR count). The number of ether oxygens (including phenoxy) is 2. The van der Waals surface area contributed by atoms with Gasteiger partial charge in [-0.2, -0.15) is 0 Å². The van der Waals surface area contributed by atoms with Gasteiger partial charge in [0.05, 0.1) is 33.4 Å². The highest BCUT2D eigenvalue weighted by molar-refractivity contribution is 7.07. The fourth-order valence-corrected chi connectivity index (χ4v) is 5.67. The van der Waals surface area contributed by atoms with E-state index in [2.05, 4.69) is 11.9 Å². The molecule has 1 aliphatic rings. The zero-order valence-electron chi connectivity index (χ0n) is 23.2. The number of rotatable bonds is 10. The first-order valence-corrected chi connectivity index (χ1v) is 14.4. The molecule has 1 unspecified atom stereocenters. The molecule has 42 heavy (non-hydrogen) atoms. The number of allylic oxidation sites excluding steroid dienone is 1. The molecule has 0 spiro atoms. The van der Waals surface area contributed by atoms with E-state index in [0.717, 1.165) is 18.4 Å². The van der Waals surface area contributed by atoms with Crippen molar-refractivity contribution in [2.24, 2.45) is 4.99 Å². The van der Waals surface area contributed by atoms with Gasteiger partial charge in [0.2, 0.25) is 0 Å². The van der Waals surface area contributed by atoms with Crippen molar-refractivity contribution in [3.8, 4) is 5.75 Å². The van der Waals surface area contributed by atoms with Crippen molar-refractivity contribution < 1.29 is 19.2 Å². The van der Waals surface area contributed by atoms with Crippen molar-refractivity contribution in [3.63, 3.8) is 0 Å². The fraction of sp³-hybridized carbons (Fsp3) is 0.219. The minimum absolute atomic E-state index is 0.0370. The molecule has 3 aromatic carbocycles. The van der Waals surface area contributed by atoms with Crippen molar-refractivity contribution in [2.45, 2.75) is 39.3 Å². The highest BCUT2D eigenvalue weighted by Gasteiger charge is 2.33. The van der Waals surface area contributed by atoms with Gasteiger partial charge in [-0.1, -0.05) is 67.1 Å². The van der Waals surface area contributed by atoms with Gasteiger partial charge in [-0.15, -0.1) is 0 Å². The van der Waals surface area contributed by atoms with E-state index in [1.54, 1.807) is 25.1 Å². The van der Waals surface area contributed by atoms with Crippen LogP contribution in [0.4, 0.5) is 5.69 Å². The minimum Gasteiger partial charge on any atom is -0.494 e. The number of carbonyl (C=O) groups is 1. The van der Waals surface area contributed by atoms with Crippen LogP contribution in [0.3, 0.4) is 0 Å². The van der Waals surface area contributed by atoms with Crippen LogP contribution in [0.5, 0.6) is 5.75 Å². The van der Waals surface area contributed by atoms with Gasteiger partial charge in [-0.3, -0.25) is 19.5 Å². The average Bonchev–Trinajstić information content (AvgIpc) is 3.30. The second kappa shape index (κ2) is 12.8. The molecular formula is C32H29N3O6S. The molecule has 0 aliphatic carbocycles. The van der Waals surface area contributed by atoms with Crippen LogP contribution in [0.1, 0.15) is 49.4 Å². The molecule has 2 heterocycles. The van der Waals surface area contributed by atoms with E-state index in [1.807, 2.05) is 54.6 Å². The summed E-state index contributed by atoms with van der Waals surface area (Å²) in [5.74, 6) is 0.143. The molecule has 0 amide bonds. The molecule has 10 heteroatoms. The number of nitro benzene ring substituents is 1. The van der Waals surface area contributed by atoms with Crippen molar-refractivity contribution in [3.05, 3.63) is 137 Å². The number of nitro groups is 1. The summed E-state index contributed by atoms with van der Waals surface area (Å²) in [4.78, 5) is 43.1. The number of non-ortho nitro benzene ring substituents is 1. The zero-order valence-corrected chi connectivity index (χ0v) is 24.0. The topological polar surface area (TPSA) is 113 Å². The molecule has 1 aromatic heterocycles. The molecule has 0 N–H and O–H groups in total. The lowest BCUT2D eigenvalue weighted by Gasteiger charge is -2.25. The Kier molecular flexibility index (Phi) is 8.73. The molecule has 9 nitrogen and oxygen atoms in total. The summed E-state index contributed by atoms with van der Waals surface area (Å²) in [5, 5.41) is 11.0. The number of nitrogens with zero attached hydrogens (tertiary/aromatic N) is 3. The fourth-order valence-electron chi connectivity index (χ4n) is 4.62. The third-order valence-electron chi connectivity index (χ3n) is 6.82. The summed E-state index contributed by atoms with van der Waals surface area (Å²) in [5.41, 5.74) is 2.56. The number of hydrogen-bond donors (Lipinski definition) is 0. The van der Waals surface area contributed by atoms with Gasteiger partial charge < -0.3 is 9.47 Å². The highest BCUT2D eigenvalue weighted by atomic mass is 32.1. The number of esters is 1. The summed E-state index contributed by atoms with van der Waals surface area (Å²) < 4.78 is 13.4. The van der Waals surface area contributed by atoms with Crippen LogP contribution in [-0.2, 0) is 16.1 Å². The lowest BCUT2D eigenvalue weighted by Crippen LogP contribution is -2.39. The predicted octanol–water partition coefficient (Wildman–Crippen LogP) is 5.07. The van der Waals surface area contributed by atoms with Crippen molar-refractivity contribution in [1.29, 1.82) is 0 Å². The normalized spacial score (nSPS) is 14.7. The largest absolute Gasteiger partial charge is 0.494 e. The third-order valence-corrected chi connectivity index (χ3v) is 7.80. The Balaban J connectivity index is 1.56. The van der Waals surface area contributed by atoms with Crippen LogP contribution in [0.25, 0.3) is 6.08 Å². The quantitative estimate of drug-likeness (QED) is 0.112. The van der Waals surface area contributed by atoms with E-state index < -0.39 is 16.9 Å². The molecule has 1 atom stereocenters. The average molecular weight is 584 g/mol. The van der Waals surface area contributed by atoms with Gasteiger partial charge in [-0.25, -0.2) is 9.79 Å². The molecule has 4 aromatic rings. The standard InChI is InChI=1S/C32H29N3O6S/c1-3-4-18-40-26-16-12-24(13-17-26)29-28(31(37)41-20-23-8-6-5-7-9-23)21(2)33-32-34(29)30(36)27(42-32)19-22-10-14-25(15-11-22)35(38)39/h5-17,19,29H,3-4,18,20H2,1-2H3. The zero-order chi connectivity index (χ0) is 29.6. The van der Waals surface area contributed by atoms with Gasteiger partial charge in [0.25, 0.3) is 11.2 Å². The summed E-state index contributed by atoms with van der Waals surface area (Å²) in [7, 11) is 0. The molecule has 214 valence electrons. The van der Waals surface area contributed by atoms with Crippen LogP contribution >= 0.6 is 11.3 Å². The summed E-state index contributed by atoms with van der Waals surface area (Å²) in [6.07, 6.45) is 3.63. The number of carbonyl (C=O) groups excluding carboxylic acids is 1. The van der Waals surface area contributed by atoms with E-state index in [4.69, 9.17) is 9.47 Å².